The van der Waals surface area contributed by atoms with Gasteiger partial charge in [-0.05, 0) is 19.4 Å². The van der Waals surface area contributed by atoms with Gasteiger partial charge in [0.25, 0.3) is 11.5 Å². The average molecular weight is 613 g/mol. The van der Waals surface area contributed by atoms with Gasteiger partial charge in [0.15, 0.2) is 23.2 Å². The lowest BCUT2D eigenvalue weighted by molar-refractivity contribution is -0.178. The summed E-state index contributed by atoms with van der Waals surface area (Å²) in [6.07, 6.45) is -4.03. The molecule has 3 aromatic rings. The van der Waals surface area contributed by atoms with Crippen molar-refractivity contribution >= 4 is 35.0 Å². The van der Waals surface area contributed by atoms with Crippen molar-refractivity contribution in [1.29, 1.82) is 0 Å². The second-order valence-corrected chi connectivity index (χ2v) is 10.8. The summed E-state index contributed by atoms with van der Waals surface area (Å²) < 4.78 is 29.3. The van der Waals surface area contributed by atoms with E-state index >= 15 is 0 Å². The van der Waals surface area contributed by atoms with Gasteiger partial charge >= 0.3 is 12.1 Å². The van der Waals surface area contributed by atoms with Gasteiger partial charge in [-0.3, -0.25) is 14.7 Å². The molecule has 5 heterocycles. The highest BCUT2D eigenvalue weighted by Gasteiger charge is 2.74. The van der Waals surface area contributed by atoms with E-state index in [1.54, 1.807) is 13.8 Å². The molecule has 1 aromatic carbocycles. The average Bonchev–Trinajstić information content (AvgIpc) is 3.72. The van der Waals surface area contributed by atoms with Gasteiger partial charge in [-0.1, -0.05) is 30.3 Å². The molecule has 0 aliphatic carbocycles. The number of aromatic nitrogens is 4. The van der Waals surface area contributed by atoms with Gasteiger partial charge in [-0.15, -0.1) is 0 Å². The SMILES string of the molecule is CCO[C@H]1C[C@]2(C)O[C@@]1(C(=O)OC)C(=O)N2C[C@H]1O[C@@H](n2cnc3c(NC(=O)OCc4ccccc4)ncnc32)[C@H](O)[C@@H]1O. The highest BCUT2D eigenvalue weighted by atomic mass is 16.6. The molecule has 0 unspecified atom stereocenters. The smallest absolute Gasteiger partial charge is 0.413 e. The normalized spacial score (nSPS) is 31.1. The van der Waals surface area contributed by atoms with E-state index in [4.69, 9.17) is 23.7 Å². The summed E-state index contributed by atoms with van der Waals surface area (Å²) in [5.74, 6) is -1.49. The number of ether oxygens (including phenoxy) is 5. The van der Waals surface area contributed by atoms with E-state index in [2.05, 4.69) is 20.3 Å². The van der Waals surface area contributed by atoms with Crippen LogP contribution >= 0.6 is 0 Å². The van der Waals surface area contributed by atoms with Crippen LogP contribution < -0.4 is 5.32 Å². The molecule has 3 fully saturated rings. The molecule has 44 heavy (non-hydrogen) atoms. The number of benzene rings is 1. The fraction of sp³-hybridized carbons (Fsp3) is 0.500. The number of aliphatic hydroxyl groups is 2. The number of amides is 2. The minimum atomic E-state index is -1.98. The molecule has 3 saturated heterocycles. The topological polar surface area (TPSA) is 197 Å². The maximum atomic E-state index is 13.6. The number of anilines is 1. The first-order chi connectivity index (χ1) is 21.1. The first-order valence-electron chi connectivity index (χ1n) is 14.0. The van der Waals surface area contributed by atoms with Gasteiger partial charge in [-0.25, -0.2) is 24.5 Å². The van der Waals surface area contributed by atoms with Crippen molar-refractivity contribution in [2.24, 2.45) is 0 Å². The molecule has 3 N–H and O–H groups in total. The standard InChI is InChI=1S/C28H32N6O10/c1-4-41-17-10-27(2)34(24(37)28(17,44-27)25(38)40-3)11-16-19(35)20(36)23(43-16)33-14-31-18-21(29-13-30-22(18)33)32-26(39)42-12-15-8-6-5-7-9-15/h5-9,13-14,16-17,19-20,23,35-36H,4,10-12H2,1-3H3,(H,29,30,32,39)/t16-,17+,19-,20-,23-,27+,28-/m1/s1. The molecule has 2 bridgehead atoms. The van der Waals surface area contributed by atoms with Crippen LogP contribution in [0.15, 0.2) is 43.0 Å². The summed E-state index contributed by atoms with van der Waals surface area (Å²) in [6.45, 7) is 3.48. The van der Waals surface area contributed by atoms with E-state index in [-0.39, 0.29) is 43.2 Å². The zero-order valence-electron chi connectivity index (χ0n) is 24.2. The van der Waals surface area contributed by atoms with Gasteiger partial charge in [0.05, 0.1) is 20.0 Å². The van der Waals surface area contributed by atoms with Gasteiger partial charge in [0.2, 0.25) is 0 Å². The summed E-state index contributed by atoms with van der Waals surface area (Å²) in [4.78, 5) is 52.8. The Bertz CT molecular complexity index is 1570. The number of hydrogen-bond acceptors (Lipinski definition) is 13. The van der Waals surface area contributed by atoms with E-state index < -0.39 is 59.9 Å². The Morgan fingerprint density at radius 2 is 1.93 bits per heavy atom. The third-order valence-corrected chi connectivity index (χ3v) is 8.15. The lowest BCUT2D eigenvalue weighted by Gasteiger charge is -2.38. The lowest BCUT2D eigenvalue weighted by Crippen LogP contribution is -2.61. The number of hydrogen-bond donors (Lipinski definition) is 3. The van der Waals surface area contributed by atoms with Crippen LogP contribution in [0.1, 0.15) is 32.1 Å². The second kappa shape index (κ2) is 11.4. The number of nitrogens with zero attached hydrogens (tertiary/aromatic N) is 5. The molecular weight excluding hydrogens is 580 g/mol. The van der Waals surface area contributed by atoms with Crippen molar-refractivity contribution in [3.63, 3.8) is 0 Å². The van der Waals surface area contributed by atoms with Crippen molar-refractivity contribution < 1.29 is 48.3 Å². The maximum Gasteiger partial charge on any atom is 0.413 e. The summed E-state index contributed by atoms with van der Waals surface area (Å²) in [6, 6.07) is 9.15. The molecule has 7 atom stereocenters. The van der Waals surface area contributed by atoms with E-state index in [1.807, 2.05) is 30.3 Å². The highest BCUT2D eigenvalue weighted by Crippen LogP contribution is 2.51. The van der Waals surface area contributed by atoms with Crippen molar-refractivity contribution in [2.45, 2.75) is 68.8 Å². The Labute approximate surface area is 250 Å². The summed E-state index contributed by atoms with van der Waals surface area (Å²) in [5, 5.41) is 24.5. The van der Waals surface area contributed by atoms with Crippen molar-refractivity contribution in [3.05, 3.63) is 48.5 Å². The number of methoxy groups -OCH3 is 1. The monoisotopic (exact) mass is 612 g/mol. The lowest BCUT2D eigenvalue weighted by atomic mass is 9.88. The molecule has 234 valence electrons. The number of piperidine rings is 1. The predicted molar refractivity (Wildman–Crippen MR) is 147 cm³/mol. The minimum absolute atomic E-state index is 0.0490. The number of carbonyl (C=O) groups excluding carboxylic acids is 3. The molecule has 2 amide bonds. The molecule has 3 aliphatic heterocycles. The minimum Gasteiger partial charge on any atom is -0.466 e. The third-order valence-electron chi connectivity index (χ3n) is 8.15. The van der Waals surface area contributed by atoms with Crippen LogP contribution in [-0.4, -0.2) is 109 Å². The first-order valence-corrected chi connectivity index (χ1v) is 14.0. The Morgan fingerprint density at radius 3 is 2.66 bits per heavy atom. The number of nitrogens with one attached hydrogen (secondary N) is 1. The molecule has 2 aromatic heterocycles. The van der Waals surface area contributed by atoms with Crippen molar-refractivity contribution in [2.75, 3.05) is 25.6 Å². The fourth-order valence-corrected chi connectivity index (χ4v) is 6.04. The van der Waals surface area contributed by atoms with E-state index in [0.717, 1.165) is 12.7 Å². The first kappa shape index (κ1) is 29.8. The number of imidazole rings is 1. The van der Waals surface area contributed by atoms with E-state index in [1.165, 1.54) is 22.1 Å². The van der Waals surface area contributed by atoms with Crippen LogP contribution in [-0.2, 0) is 39.9 Å². The van der Waals surface area contributed by atoms with Crippen LogP contribution in [0.4, 0.5) is 10.6 Å². The number of aliphatic hydroxyl groups excluding tert-OH is 2. The number of likely N-dealkylation sites (tertiary alicyclic amines) is 1. The largest absolute Gasteiger partial charge is 0.466 e. The number of esters is 1. The molecule has 0 radical (unpaired) electrons. The fourth-order valence-electron chi connectivity index (χ4n) is 6.04. The Morgan fingerprint density at radius 1 is 1.16 bits per heavy atom. The second-order valence-electron chi connectivity index (χ2n) is 10.8. The quantitative estimate of drug-likeness (QED) is 0.223. The molecule has 6 rings (SSSR count). The number of rotatable bonds is 9. The molecule has 0 spiro atoms. The van der Waals surface area contributed by atoms with Crippen LogP contribution in [0.3, 0.4) is 0 Å². The predicted octanol–water partition coefficient (Wildman–Crippen LogP) is 0.490. The summed E-state index contributed by atoms with van der Waals surface area (Å²) in [7, 11) is 1.16. The molecule has 3 aliphatic rings. The summed E-state index contributed by atoms with van der Waals surface area (Å²) in [5.41, 5.74) is -2.04. The number of carbonyl (C=O) groups is 3. The Hall–Kier alpha value is -4.22. The Kier molecular flexibility index (Phi) is 7.71. The van der Waals surface area contributed by atoms with Gasteiger partial charge in [-0.2, -0.15) is 0 Å². The Balaban J connectivity index is 1.18. The maximum absolute atomic E-state index is 13.6. The molecular formula is C28H32N6O10. The zero-order chi connectivity index (χ0) is 31.2. The van der Waals surface area contributed by atoms with Crippen LogP contribution in [0, 0.1) is 0 Å². The summed E-state index contributed by atoms with van der Waals surface area (Å²) >= 11 is 0. The van der Waals surface area contributed by atoms with Crippen LogP contribution in [0.2, 0.25) is 0 Å². The molecule has 0 saturated carbocycles. The number of fused-ring (bicyclic) bond motifs is 3. The zero-order valence-corrected chi connectivity index (χ0v) is 24.2. The highest BCUT2D eigenvalue weighted by molar-refractivity contribution is 6.09. The van der Waals surface area contributed by atoms with Gasteiger partial charge in [0.1, 0.15) is 43.1 Å². The van der Waals surface area contributed by atoms with E-state index in [9.17, 15) is 24.6 Å². The van der Waals surface area contributed by atoms with Crippen molar-refractivity contribution in [1.82, 2.24) is 24.4 Å². The van der Waals surface area contributed by atoms with Gasteiger partial charge < -0.3 is 38.8 Å². The third kappa shape index (κ3) is 4.75. The van der Waals surface area contributed by atoms with Gasteiger partial charge in [0, 0.05) is 13.0 Å². The van der Waals surface area contributed by atoms with Crippen LogP contribution in [0.5, 0.6) is 0 Å². The van der Waals surface area contributed by atoms with E-state index in [0.29, 0.717) is 0 Å². The van der Waals surface area contributed by atoms with Crippen LogP contribution in [0.25, 0.3) is 11.2 Å². The molecule has 16 heteroatoms. The van der Waals surface area contributed by atoms with Crippen molar-refractivity contribution in [3.8, 4) is 0 Å². The molecule has 16 nitrogen and oxygen atoms in total.